The highest BCUT2D eigenvalue weighted by atomic mass is 19.1. The number of nitrogens with zero attached hydrogens (tertiary/aromatic N) is 1. The first-order valence-corrected chi connectivity index (χ1v) is 6.86. The number of carbonyl (C=O) groups is 1. The number of nitrogens with one attached hydrogen (secondary N) is 1. The highest BCUT2D eigenvalue weighted by molar-refractivity contribution is 5.95. The summed E-state index contributed by atoms with van der Waals surface area (Å²) in [6.45, 7) is 0.488. The molecule has 0 saturated heterocycles. The molecule has 2 aromatic carbocycles. The van der Waals surface area contributed by atoms with Gasteiger partial charge in [-0.15, -0.1) is 0 Å². The van der Waals surface area contributed by atoms with Gasteiger partial charge in [-0.05, 0) is 36.2 Å². The average molecular weight is 318 g/mol. The zero-order valence-electron chi connectivity index (χ0n) is 12.4. The SMILES string of the molecule is COC(=O)c1cc(NCCc2cccc(F)c2)ccc1[N+](=O)[O-]. The molecule has 0 saturated carbocycles. The summed E-state index contributed by atoms with van der Waals surface area (Å²) in [7, 11) is 1.16. The fraction of sp³-hybridized carbons (Fsp3) is 0.188. The van der Waals surface area contributed by atoms with E-state index in [0.717, 1.165) is 12.7 Å². The Morgan fingerprint density at radius 1 is 1.30 bits per heavy atom. The highest BCUT2D eigenvalue weighted by Crippen LogP contribution is 2.23. The molecule has 0 unspecified atom stereocenters. The van der Waals surface area contributed by atoms with Crippen LogP contribution in [-0.4, -0.2) is 24.5 Å². The van der Waals surface area contributed by atoms with Crippen LogP contribution in [0, 0.1) is 15.9 Å². The van der Waals surface area contributed by atoms with Gasteiger partial charge in [-0.25, -0.2) is 9.18 Å². The lowest BCUT2D eigenvalue weighted by molar-refractivity contribution is -0.385. The number of carbonyl (C=O) groups excluding carboxylic acids is 1. The Hall–Kier alpha value is -2.96. The molecule has 0 atom stereocenters. The summed E-state index contributed by atoms with van der Waals surface area (Å²) in [5, 5.41) is 14.0. The fourth-order valence-corrected chi connectivity index (χ4v) is 2.12. The minimum absolute atomic E-state index is 0.117. The smallest absolute Gasteiger partial charge is 0.344 e. The second kappa shape index (κ2) is 7.35. The second-order valence-electron chi connectivity index (χ2n) is 4.79. The lowest BCUT2D eigenvalue weighted by Crippen LogP contribution is -2.09. The lowest BCUT2D eigenvalue weighted by Gasteiger charge is -2.08. The molecule has 2 rings (SSSR count). The molecule has 1 N–H and O–H groups in total. The number of rotatable bonds is 6. The topological polar surface area (TPSA) is 81.5 Å². The first kappa shape index (κ1) is 16.4. The van der Waals surface area contributed by atoms with E-state index in [4.69, 9.17) is 0 Å². The van der Waals surface area contributed by atoms with E-state index in [1.807, 2.05) is 0 Å². The maximum absolute atomic E-state index is 13.1. The maximum Gasteiger partial charge on any atom is 0.344 e. The van der Waals surface area contributed by atoms with Crippen molar-refractivity contribution in [2.75, 3.05) is 19.0 Å². The number of halogens is 1. The van der Waals surface area contributed by atoms with Crippen LogP contribution in [0.5, 0.6) is 0 Å². The molecule has 6 nitrogen and oxygen atoms in total. The van der Waals surface area contributed by atoms with Crippen LogP contribution in [0.2, 0.25) is 0 Å². The Balaban J connectivity index is 2.08. The van der Waals surface area contributed by atoms with Crippen LogP contribution in [-0.2, 0) is 11.2 Å². The Bertz CT molecular complexity index is 734. The van der Waals surface area contributed by atoms with Crippen molar-refractivity contribution in [3.05, 3.63) is 69.5 Å². The van der Waals surface area contributed by atoms with Gasteiger partial charge in [0.15, 0.2) is 0 Å². The van der Waals surface area contributed by atoms with E-state index in [1.54, 1.807) is 12.1 Å². The Labute approximate surface area is 132 Å². The molecule has 120 valence electrons. The first-order valence-electron chi connectivity index (χ1n) is 6.86. The summed E-state index contributed by atoms with van der Waals surface area (Å²) in [6, 6.07) is 10.4. The summed E-state index contributed by atoms with van der Waals surface area (Å²) < 4.78 is 17.6. The molecule has 0 radical (unpaired) electrons. The van der Waals surface area contributed by atoms with Crippen molar-refractivity contribution in [1.82, 2.24) is 0 Å². The van der Waals surface area contributed by atoms with Gasteiger partial charge >= 0.3 is 5.97 Å². The van der Waals surface area contributed by atoms with Crippen LogP contribution in [0.3, 0.4) is 0 Å². The number of methoxy groups -OCH3 is 1. The van der Waals surface area contributed by atoms with Gasteiger partial charge in [-0.2, -0.15) is 0 Å². The van der Waals surface area contributed by atoms with Crippen molar-refractivity contribution < 1.29 is 18.8 Å². The van der Waals surface area contributed by atoms with E-state index in [1.165, 1.54) is 30.3 Å². The highest BCUT2D eigenvalue weighted by Gasteiger charge is 2.21. The van der Waals surface area contributed by atoms with Crippen LogP contribution >= 0.6 is 0 Å². The Morgan fingerprint density at radius 2 is 2.09 bits per heavy atom. The summed E-state index contributed by atoms with van der Waals surface area (Å²) in [5.41, 5.74) is 0.945. The molecular formula is C16H15FN2O4. The minimum Gasteiger partial charge on any atom is -0.465 e. The third kappa shape index (κ3) is 4.26. The van der Waals surface area contributed by atoms with Gasteiger partial charge in [0.1, 0.15) is 11.4 Å². The van der Waals surface area contributed by atoms with E-state index < -0.39 is 10.9 Å². The number of ether oxygens (including phenoxy) is 1. The number of nitro benzene ring substituents is 1. The number of nitro groups is 1. The normalized spacial score (nSPS) is 10.2. The number of esters is 1. The molecule has 0 amide bonds. The van der Waals surface area contributed by atoms with Gasteiger partial charge in [0.05, 0.1) is 12.0 Å². The van der Waals surface area contributed by atoms with E-state index in [-0.39, 0.29) is 17.1 Å². The molecule has 7 heteroatoms. The van der Waals surface area contributed by atoms with Crippen LogP contribution < -0.4 is 5.32 Å². The van der Waals surface area contributed by atoms with E-state index >= 15 is 0 Å². The van der Waals surface area contributed by atoms with Gasteiger partial charge in [0, 0.05) is 18.3 Å². The van der Waals surface area contributed by atoms with Gasteiger partial charge in [0.2, 0.25) is 0 Å². The molecule has 0 heterocycles. The lowest BCUT2D eigenvalue weighted by atomic mass is 10.1. The summed E-state index contributed by atoms with van der Waals surface area (Å²) in [5.74, 6) is -1.07. The second-order valence-corrected chi connectivity index (χ2v) is 4.79. The fourth-order valence-electron chi connectivity index (χ4n) is 2.12. The van der Waals surface area contributed by atoms with Crippen LogP contribution in [0.4, 0.5) is 15.8 Å². The molecule has 2 aromatic rings. The zero-order chi connectivity index (χ0) is 16.8. The number of benzene rings is 2. The molecule has 0 fully saturated rings. The third-order valence-electron chi connectivity index (χ3n) is 3.23. The van der Waals surface area contributed by atoms with E-state index in [0.29, 0.717) is 18.7 Å². The van der Waals surface area contributed by atoms with Crippen molar-refractivity contribution in [2.24, 2.45) is 0 Å². The van der Waals surface area contributed by atoms with Crippen molar-refractivity contribution in [3.8, 4) is 0 Å². The van der Waals surface area contributed by atoms with Gasteiger partial charge < -0.3 is 10.1 Å². The Morgan fingerprint density at radius 3 is 2.74 bits per heavy atom. The van der Waals surface area contributed by atoms with Gasteiger partial charge in [-0.3, -0.25) is 10.1 Å². The molecule has 0 aliphatic rings. The van der Waals surface area contributed by atoms with Crippen molar-refractivity contribution >= 4 is 17.3 Å². The molecular weight excluding hydrogens is 303 g/mol. The average Bonchev–Trinajstić information content (AvgIpc) is 2.54. The van der Waals surface area contributed by atoms with Gasteiger partial charge in [-0.1, -0.05) is 12.1 Å². The zero-order valence-corrected chi connectivity index (χ0v) is 12.4. The molecule has 23 heavy (non-hydrogen) atoms. The minimum atomic E-state index is -0.773. The molecule has 0 aliphatic heterocycles. The Kier molecular flexibility index (Phi) is 5.24. The van der Waals surface area contributed by atoms with Crippen molar-refractivity contribution in [2.45, 2.75) is 6.42 Å². The number of hydrogen-bond acceptors (Lipinski definition) is 5. The quantitative estimate of drug-likeness (QED) is 0.502. The predicted molar refractivity (Wildman–Crippen MR) is 83.0 cm³/mol. The molecule has 0 aromatic heterocycles. The van der Waals surface area contributed by atoms with E-state index in [2.05, 4.69) is 10.1 Å². The van der Waals surface area contributed by atoms with Crippen molar-refractivity contribution in [3.63, 3.8) is 0 Å². The molecule has 0 aliphatic carbocycles. The number of hydrogen-bond donors (Lipinski definition) is 1. The number of anilines is 1. The maximum atomic E-state index is 13.1. The van der Waals surface area contributed by atoms with Crippen LogP contribution in [0.25, 0.3) is 0 Å². The van der Waals surface area contributed by atoms with Crippen LogP contribution in [0.1, 0.15) is 15.9 Å². The van der Waals surface area contributed by atoms with Crippen LogP contribution in [0.15, 0.2) is 42.5 Å². The largest absolute Gasteiger partial charge is 0.465 e. The summed E-state index contributed by atoms with van der Waals surface area (Å²) in [6.07, 6.45) is 0.572. The third-order valence-corrected chi connectivity index (χ3v) is 3.23. The predicted octanol–water partition coefficient (Wildman–Crippen LogP) is 3.18. The van der Waals surface area contributed by atoms with Gasteiger partial charge in [0.25, 0.3) is 5.69 Å². The summed E-state index contributed by atoms with van der Waals surface area (Å²) in [4.78, 5) is 21.9. The summed E-state index contributed by atoms with van der Waals surface area (Å²) >= 11 is 0. The molecule has 0 spiro atoms. The molecule has 0 bridgehead atoms. The van der Waals surface area contributed by atoms with E-state index in [9.17, 15) is 19.3 Å². The standard InChI is InChI=1S/C16H15FN2O4/c1-23-16(20)14-10-13(5-6-15(14)19(21)22)18-8-7-11-3-2-4-12(17)9-11/h2-6,9-10,18H,7-8H2,1H3. The monoisotopic (exact) mass is 318 g/mol. The van der Waals surface area contributed by atoms with Crippen molar-refractivity contribution in [1.29, 1.82) is 0 Å². The first-order chi connectivity index (χ1) is 11.0.